The second-order valence-corrected chi connectivity index (χ2v) is 5.93. The summed E-state index contributed by atoms with van der Waals surface area (Å²) in [6.45, 7) is 0. The second-order valence-electron chi connectivity index (χ2n) is 5.06. The number of benzene rings is 2. The van der Waals surface area contributed by atoms with E-state index in [2.05, 4.69) is 20.6 Å². The first-order valence-electron chi connectivity index (χ1n) is 7.16. The van der Waals surface area contributed by atoms with E-state index in [0.717, 1.165) is 0 Å². The van der Waals surface area contributed by atoms with Crippen molar-refractivity contribution in [1.82, 2.24) is 9.97 Å². The zero-order valence-electron chi connectivity index (χ0n) is 12.7. The molecule has 3 aromatic rings. The molecule has 0 atom stereocenters. The van der Waals surface area contributed by atoms with Crippen molar-refractivity contribution >= 4 is 52.3 Å². The number of carboxylic acids is 1. The highest BCUT2D eigenvalue weighted by atomic mass is 35.5. The van der Waals surface area contributed by atoms with E-state index < -0.39 is 5.97 Å². The Hall–Kier alpha value is -2.83. The number of hydrogen-bond donors (Lipinski definition) is 3. The van der Waals surface area contributed by atoms with Gasteiger partial charge in [0, 0.05) is 27.6 Å². The predicted molar refractivity (Wildman–Crippen MR) is 98.5 cm³/mol. The van der Waals surface area contributed by atoms with Gasteiger partial charge in [-0.25, -0.2) is 9.78 Å². The molecule has 1 aromatic heterocycles. The summed E-state index contributed by atoms with van der Waals surface area (Å²) in [5.74, 6) is -0.141. The lowest BCUT2D eigenvalue weighted by Gasteiger charge is -2.09. The monoisotopic (exact) mass is 374 g/mol. The van der Waals surface area contributed by atoms with Gasteiger partial charge < -0.3 is 15.7 Å². The van der Waals surface area contributed by atoms with Crippen molar-refractivity contribution in [2.75, 3.05) is 10.6 Å². The lowest BCUT2D eigenvalue weighted by Crippen LogP contribution is -2.01. The van der Waals surface area contributed by atoms with E-state index >= 15 is 0 Å². The number of nitrogens with one attached hydrogen (secondary N) is 2. The van der Waals surface area contributed by atoms with Crippen molar-refractivity contribution in [3.05, 3.63) is 70.3 Å². The Morgan fingerprint density at radius 1 is 0.960 bits per heavy atom. The van der Waals surface area contributed by atoms with Crippen LogP contribution in [0.4, 0.5) is 23.1 Å². The molecule has 25 heavy (non-hydrogen) atoms. The Bertz CT molecular complexity index is 914. The molecule has 126 valence electrons. The van der Waals surface area contributed by atoms with Crippen LogP contribution in [0.15, 0.2) is 54.7 Å². The van der Waals surface area contributed by atoms with E-state index in [1.807, 2.05) is 0 Å². The first-order valence-corrected chi connectivity index (χ1v) is 7.92. The van der Waals surface area contributed by atoms with Gasteiger partial charge in [-0.15, -0.1) is 0 Å². The molecule has 0 fully saturated rings. The number of anilines is 4. The van der Waals surface area contributed by atoms with Crippen LogP contribution >= 0.6 is 23.2 Å². The summed E-state index contributed by atoms with van der Waals surface area (Å²) in [6.07, 6.45) is 1.57. The van der Waals surface area contributed by atoms with E-state index in [4.69, 9.17) is 28.3 Å². The number of rotatable bonds is 5. The summed E-state index contributed by atoms with van der Waals surface area (Å²) in [5.41, 5.74) is 1.45. The molecular formula is C17H12Cl2N4O2. The number of carboxylic acid groups (broad SMARTS) is 1. The van der Waals surface area contributed by atoms with Crippen LogP contribution in [0.5, 0.6) is 0 Å². The average molecular weight is 375 g/mol. The molecule has 0 bridgehead atoms. The lowest BCUT2D eigenvalue weighted by atomic mass is 10.2. The minimum Gasteiger partial charge on any atom is -0.478 e. The quantitative estimate of drug-likeness (QED) is 0.584. The number of hydrogen-bond acceptors (Lipinski definition) is 5. The van der Waals surface area contributed by atoms with Gasteiger partial charge in [0.15, 0.2) is 0 Å². The molecule has 8 heteroatoms. The molecule has 6 nitrogen and oxygen atoms in total. The number of aromatic nitrogens is 2. The van der Waals surface area contributed by atoms with Crippen molar-refractivity contribution in [2.24, 2.45) is 0 Å². The Morgan fingerprint density at radius 3 is 2.44 bits per heavy atom. The van der Waals surface area contributed by atoms with Gasteiger partial charge in [0.2, 0.25) is 5.95 Å². The topological polar surface area (TPSA) is 87.1 Å². The van der Waals surface area contributed by atoms with Gasteiger partial charge in [-0.1, -0.05) is 29.3 Å². The van der Waals surface area contributed by atoms with Crippen LogP contribution in [0, 0.1) is 0 Å². The summed E-state index contributed by atoms with van der Waals surface area (Å²) in [7, 11) is 0. The molecule has 0 aliphatic heterocycles. The summed E-state index contributed by atoms with van der Waals surface area (Å²) in [6, 6.07) is 13.1. The molecule has 0 unspecified atom stereocenters. The zero-order valence-corrected chi connectivity index (χ0v) is 14.2. The molecule has 3 N–H and O–H groups in total. The fourth-order valence-electron chi connectivity index (χ4n) is 2.12. The van der Waals surface area contributed by atoms with Gasteiger partial charge in [-0.05, 0) is 42.5 Å². The van der Waals surface area contributed by atoms with Crippen LogP contribution in [-0.4, -0.2) is 21.0 Å². The van der Waals surface area contributed by atoms with Crippen LogP contribution in [0.2, 0.25) is 10.0 Å². The third-order valence-electron chi connectivity index (χ3n) is 3.16. The molecule has 0 amide bonds. The van der Waals surface area contributed by atoms with Gasteiger partial charge in [0.1, 0.15) is 5.82 Å². The van der Waals surface area contributed by atoms with Gasteiger partial charge in [0.25, 0.3) is 0 Å². The highest BCUT2D eigenvalue weighted by Gasteiger charge is 2.06. The maximum atomic E-state index is 11.0. The first kappa shape index (κ1) is 17.0. The third kappa shape index (κ3) is 4.59. The van der Waals surface area contributed by atoms with Gasteiger partial charge in [-0.3, -0.25) is 0 Å². The van der Waals surface area contributed by atoms with Crippen LogP contribution in [-0.2, 0) is 0 Å². The fraction of sp³-hybridized carbons (Fsp3) is 0. The predicted octanol–water partition coefficient (Wildman–Crippen LogP) is 4.97. The average Bonchev–Trinajstić information content (AvgIpc) is 2.54. The van der Waals surface area contributed by atoms with E-state index in [0.29, 0.717) is 33.2 Å². The normalized spacial score (nSPS) is 10.3. The molecular weight excluding hydrogens is 363 g/mol. The van der Waals surface area contributed by atoms with E-state index in [-0.39, 0.29) is 5.56 Å². The maximum Gasteiger partial charge on any atom is 0.335 e. The molecule has 0 saturated heterocycles. The Labute approximate surface area is 153 Å². The Morgan fingerprint density at radius 2 is 1.72 bits per heavy atom. The zero-order chi connectivity index (χ0) is 17.8. The largest absolute Gasteiger partial charge is 0.478 e. The van der Waals surface area contributed by atoms with Gasteiger partial charge >= 0.3 is 5.97 Å². The number of nitrogens with zero attached hydrogens (tertiary/aromatic N) is 2. The van der Waals surface area contributed by atoms with Crippen molar-refractivity contribution in [1.29, 1.82) is 0 Å². The van der Waals surface area contributed by atoms with Crippen LogP contribution in [0.25, 0.3) is 0 Å². The molecule has 1 heterocycles. The fourth-order valence-corrected chi connectivity index (χ4v) is 2.65. The standard InChI is InChI=1S/C17H12Cl2N4O2/c18-11-7-12(19)9-14(8-11)22-17-20-5-4-15(23-17)21-13-3-1-2-10(6-13)16(24)25/h1-9H,(H,24,25)(H2,20,21,22,23). The summed E-state index contributed by atoms with van der Waals surface area (Å²) in [5, 5.41) is 16.1. The smallest absolute Gasteiger partial charge is 0.335 e. The highest BCUT2D eigenvalue weighted by molar-refractivity contribution is 6.35. The molecule has 0 saturated carbocycles. The first-order chi connectivity index (χ1) is 12.0. The van der Waals surface area contributed by atoms with E-state index in [9.17, 15) is 4.79 Å². The minimum absolute atomic E-state index is 0.186. The summed E-state index contributed by atoms with van der Waals surface area (Å²) >= 11 is 11.9. The molecule has 0 aliphatic rings. The number of halogens is 2. The van der Waals surface area contributed by atoms with Crippen molar-refractivity contribution in [2.45, 2.75) is 0 Å². The van der Waals surface area contributed by atoms with Crippen molar-refractivity contribution in [3.8, 4) is 0 Å². The molecule has 0 spiro atoms. The lowest BCUT2D eigenvalue weighted by molar-refractivity contribution is 0.0697. The van der Waals surface area contributed by atoms with Crippen molar-refractivity contribution in [3.63, 3.8) is 0 Å². The molecule has 0 radical (unpaired) electrons. The van der Waals surface area contributed by atoms with Crippen LogP contribution < -0.4 is 10.6 Å². The third-order valence-corrected chi connectivity index (χ3v) is 3.59. The van der Waals surface area contributed by atoms with E-state index in [1.54, 1.807) is 42.6 Å². The molecule has 0 aliphatic carbocycles. The minimum atomic E-state index is -0.994. The van der Waals surface area contributed by atoms with Crippen LogP contribution in [0.3, 0.4) is 0 Å². The maximum absolute atomic E-state index is 11.0. The van der Waals surface area contributed by atoms with Crippen molar-refractivity contribution < 1.29 is 9.90 Å². The molecule has 2 aromatic carbocycles. The van der Waals surface area contributed by atoms with Gasteiger partial charge in [0.05, 0.1) is 5.56 Å². The van der Waals surface area contributed by atoms with E-state index in [1.165, 1.54) is 12.1 Å². The Balaban J connectivity index is 1.79. The Kier molecular flexibility index (Phi) is 5.02. The van der Waals surface area contributed by atoms with Gasteiger partial charge in [-0.2, -0.15) is 4.98 Å². The highest BCUT2D eigenvalue weighted by Crippen LogP contribution is 2.24. The SMILES string of the molecule is O=C(O)c1cccc(Nc2ccnc(Nc3cc(Cl)cc(Cl)c3)n2)c1. The number of carbonyl (C=O) groups is 1. The number of aromatic carboxylic acids is 1. The van der Waals surface area contributed by atoms with Crippen LogP contribution in [0.1, 0.15) is 10.4 Å². The second kappa shape index (κ2) is 7.38. The summed E-state index contributed by atoms with van der Waals surface area (Å²) in [4.78, 5) is 19.5. The molecule has 3 rings (SSSR count). The summed E-state index contributed by atoms with van der Waals surface area (Å²) < 4.78 is 0.